The summed E-state index contributed by atoms with van der Waals surface area (Å²) in [5.41, 5.74) is 10.7. The number of nitriles is 2. The van der Waals surface area contributed by atoms with Gasteiger partial charge in [-0.1, -0.05) is 66.7 Å². The Balaban J connectivity index is 1.22. The number of furan rings is 1. The SMILES string of the molecule is N#Cc1cc(-c2cccc(-n3c4ccccc4c4ccccc43)c2)cc(-n2c3ccc(C#N)cc3c3c4oc5ccccc5c4ccc32)c1. The Kier molecular flexibility index (Phi) is 5.64. The minimum absolute atomic E-state index is 0.559. The van der Waals surface area contributed by atoms with Gasteiger partial charge in [0.05, 0.1) is 50.7 Å². The molecule has 5 nitrogen and oxygen atoms in total. The molecule has 10 rings (SSSR count). The van der Waals surface area contributed by atoms with Crippen LogP contribution in [0.2, 0.25) is 0 Å². The third kappa shape index (κ3) is 3.91. The fraction of sp³-hybridized carbons (Fsp3) is 0. The van der Waals surface area contributed by atoms with Crippen LogP contribution in [-0.4, -0.2) is 9.13 Å². The van der Waals surface area contributed by atoms with Crippen molar-refractivity contribution in [3.63, 3.8) is 0 Å². The largest absolute Gasteiger partial charge is 0.455 e. The van der Waals surface area contributed by atoms with Crippen molar-refractivity contribution in [1.29, 1.82) is 10.5 Å². The average molecular weight is 625 g/mol. The molecule has 0 saturated carbocycles. The summed E-state index contributed by atoms with van der Waals surface area (Å²) in [6, 6.07) is 54.3. The molecule has 10 aromatic rings. The smallest absolute Gasteiger partial charge is 0.145 e. The van der Waals surface area contributed by atoms with Gasteiger partial charge in [-0.15, -0.1) is 0 Å². The van der Waals surface area contributed by atoms with Crippen LogP contribution in [0.4, 0.5) is 0 Å². The van der Waals surface area contributed by atoms with Gasteiger partial charge < -0.3 is 13.6 Å². The van der Waals surface area contributed by atoms with Gasteiger partial charge in [-0.2, -0.15) is 10.5 Å². The van der Waals surface area contributed by atoms with Crippen LogP contribution in [0, 0.1) is 22.7 Å². The lowest BCUT2D eigenvalue weighted by atomic mass is 10.0. The van der Waals surface area contributed by atoms with Crippen molar-refractivity contribution in [3.8, 4) is 34.6 Å². The lowest BCUT2D eigenvalue weighted by Gasteiger charge is -2.13. The maximum atomic E-state index is 10.3. The lowest BCUT2D eigenvalue weighted by Crippen LogP contribution is -1.97. The Bertz CT molecular complexity index is 3030. The number of benzene rings is 7. The highest BCUT2D eigenvalue weighted by atomic mass is 16.3. The van der Waals surface area contributed by atoms with Gasteiger partial charge in [0.25, 0.3) is 0 Å². The summed E-state index contributed by atoms with van der Waals surface area (Å²) in [7, 11) is 0. The van der Waals surface area contributed by atoms with Gasteiger partial charge in [-0.05, 0) is 90.0 Å². The van der Waals surface area contributed by atoms with E-state index in [9.17, 15) is 10.5 Å². The zero-order chi connectivity index (χ0) is 32.6. The van der Waals surface area contributed by atoms with Crippen LogP contribution in [0.15, 0.2) is 150 Å². The summed E-state index contributed by atoms with van der Waals surface area (Å²) in [5, 5.41) is 26.5. The standard InChI is InChI=1S/C44H24N4O/c45-25-27-16-18-40-37(22-27)43-41(19-17-36-35-12-3-6-15-42(35)49-44(36)43)48(40)32-21-28(26-46)20-30(24-32)29-8-7-9-31(23-29)47-38-13-4-1-10-33(38)34-11-2-5-14-39(34)47/h1-24H. The molecular weight excluding hydrogens is 601 g/mol. The van der Waals surface area contributed by atoms with E-state index in [-0.39, 0.29) is 0 Å². The van der Waals surface area contributed by atoms with Crippen LogP contribution in [-0.2, 0) is 0 Å². The molecule has 0 atom stereocenters. The molecule has 3 aromatic heterocycles. The topological polar surface area (TPSA) is 70.6 Å². The number of hydrogen-bond acceptors (Lipinski definition) is 3. The normalized spacial score (nSPS) is 11.6. The third-order valence-electron chi connectivity index (χ3n) is 9.72. The average Bonchev–Trinajstić information content (AvgIpc) is 3.82. The predicted octanol–water partition coefficient (Wildman–Crippen LogP) is 11.2. The summed E-state index contributed by atoms with van der Waals surface area (Å²) in [4.78, 5) is 0. The van der Waals surface area contributed by atoms with Crippen LogP contribution in [0.25, 0.3) is 88.1 Å². The van der Waals surface area contributed by atoms with Crippen LogP contribution < -0.4 is 0 Å². The number of nitrogens with zero attached hydrogens (tertiary/aromatic N) is 4. The third-order valence-corrected chi connectivity index (χ3v) is 9.72. The Labute approximate surface area is 280 Å². The van der Waals surface area contributed by atoms with E-state index >= 15 is 0 Å². The second kappa shape index (κ2) is 10.2. The first kappa shape index (κ1) is 27.1. The summed E-state index contributed by atoms with van der Waals surface area (Å²) < 4.78 is 11.0. The zero-order valence-electron chi connectivity index (χ0n) is 26.1. The fourth-order valence-corrected chi connectivity index (χ4v) is 7.63. The van der Waals surface area contributed by atoms with Crippen molar-refractivity contribution in [2.75, 3.05) is 0 Å². The van der Waals surface area contributed by atoms with E-state index in [2.05, 4.69) is 118 Å². The number of aromatic nitrogens is 2. The zero-order valence-corrected chi connectivity index (χ0v) is 26.1. The number of fused-ring (bicyclic) bond motifs is 10. The molecule has 0 aliphatic carbocycles. The first-order chi connectivity index (χ1) is 24.2. The minimum Gasteiger partial charge on any atom is -0.455 e. The molecule has 5 heteroatoms. The summed E-state index contributed by atoms with van der Waals surface area (Å²) in [6.45, 7) is 0. The van der Waals surface area contributed by atoms with Crippen LogP contribution >= 0.6 is 0 Å². The van der Waals surface area contributed by atoms with Gasteiger partial charge in [-0.3, -0.25) is 0 Å². The van der Waals surface area contributed by atoms with Crippen molar-refractivity contribution in [2.45, 2.75) is 0 Å². The lowest BCUT2D eigenvalue weighted by molar-refractivity contribution is 0.673. The molecule has 7 aromatic carbocycles. The van der Waals surface area contributed by atoms with Gasteiger partial charge in [0.15, 0.2) is 0 Å². The minimum atomic E-state index is 0.559. The van der Waals surface area contributed by atoms with Crippen molar-refractivity contribution in [2.24, 2.45) is 0 Å². The molecule has 0 spiro atoms. The van der Waals surface area contributed by atoms with Crippen molar-refractivity contribution < 1.29 is 4.42 Å². The molecule has 0 amide bonds. The summed E-state index contributed by atoms with van der Waals surface area (Å²) >= 11 is 0. The van der Waals surface area contributed by atoms with E-state index < -0.39 is 0 Å². The Morgan fingerprint density at radius 2 is 1.08 bits per heavy atom. The first-order valence-corrected chi connectivity index (χ1v) is 16.1. The maximum Gasteiger partial charge on any atom is 0.145 e. The second-order valence-electron chi connectivity index (χ2n) is 12.4. The van der Waals surface area contributed by atoms with Gasteiger partial charge in [-0.25, -0.2) is 0 Å². The van der Waals surface area contributed by atoms with Crippen LogP contribution in [0.3, 0.4) is 0 Å². The quantitative estimate of drug-likeness (QED) is 0.196. The van der Waals surface area contributed by atoms with Gasteiger partial charge >= 0.3 is 0 Å². The highest BCUT2D eigenvalue weighted by Crippen LogP contribution is 2.41. The van der Waals surface area contributed by atoms with Crippen molar-refractivity contribution in [1.82, 2.24) is 9.13 Å². The molecule has 0 radical (unpaired) electrons. The molecular formula is C44H24N4O. The molecule has 0 unspecified atom stereocenters. The first-order valence-electron chi connectivity index (χ1n) is 16.1. The number of hydrogen-bond donors (Lipinski definition) is 0. The van der Waals surface area contributed by atoms with Crippen molar-refractivity contribution >= 4 is 65.6 Å². The molecule has 226 valence electrons. The monoisotopic (exact) mass is 624 g/mol. The highest BCUT2D eigenvalue weighted by Gasteiger charge is 2.20. The molecule has 0 aliphatic heterocycles. The van der Waals surface area contributed by atoms with Gasteiger partial charge in [0.2, 0.25) is 0 Å². The van der Waals surface area contributed by atoms with E-state index in [1.807, 2.05) is 48.5 Å². The van der Waals surface area contributed by atoms with Crippen LogP contribution in [0.5, 0.6) is 0 Å². The number of para-hydroxylation sites is 3. The van der Waals surface area contributed by atoms with E-state index in [1.165, 1.54) is 10.8 Å². The van der Waals surface area contributed by atoms with Gasteiger partial charge in [0.1, 0.15) is 11.2 Å². The number of rotatable bonds is 3. The highest BCUT2D eigenvalue weighted by molar-refractivity contribution is 6.24. The maximum absolute atomic E-state index is 10.3. The molecule has 49 heavy (non-hydrogen) atoms. The Morgan fingerprint density at radius 1 is 0.429 bits per heavy atom. The fourth-order valence-electron chi connectivity index (χ4n) is 7.63. The Morgan fingerprint density at radius 3 is 1.86 bits per heavy atom. The van der Waals surface area contributed by atoms with Crippen molar-refractivity contribution in [3.05, 3.63) is 157 Å². The summed E-state index contributed by atoms with van der Waals surface area (Å²) in [5.74, 6) is 0. The molecule has 0 fully saturated rings. The Hall–Kier alpha value is -7.08. The van der Waals surface area contributed by atoms with Crippen LogP contribution in [0.1, 0.15) is 11.1 Å². The molecule has 0 saturated heterocycles. The van der Waals surface area contributed by atoms with E-state index in [1.54, 1.807) is 0 Å². The van der Waals surface area contributed by atoms with E-state index in [0.717, 1.165) is 77.3 Å². The molecule has 0 aliphatic rings. The predicted molar refractivity (Wildman–Crippen MR) is 197 cm³/mol. The van der Waals surface area contributed by atoms with E-state index in [4.69, 9.17) is 4.42 Å². The molecule has 0 bridgehead atoms. The molecule has 3 heterocycles. The summed E-state index contributed by atoms with van der Waals surface area (Å²) in [6.07, 6.45) is 0. The van der Waals surface area contributed by atoms with E-state index in [0.29, 0.717) is 11.1 Å². The van der Waals surface area contributed by atoms with Gasteiger partial charge in [0, 0.05) is 38.3 Å². The molecule has 0 N–H and O–H groups in total. The second-order valence-corrected chi connectivity index (χ2v) is 12.4.